The van der Waals surface area contributed by atoms with Gasteiger partial charge in [-0.25, -0.2) is 0 Å². The topological polar surface area (TPSA) is 38.9 Å². The Morgan fingerprint density at radius 3 is 2.52 bits per heavy atom. The Morgan fingerprint density at radius 2 is 1.86 bits per heavy atom. The first-order chi connectivity index (χ1) is 10.2. The van der Waals surface area contributed by atoms with Crippen LogP contribution in [0.15, 0.2) is 34.9 Å². The third-order valence-corrected chi connectivity index (χ3v) is 5.53. The van der Waals surface area contributed by atoms with E-state index in [1.54, 1.807) is 0 Å². The number of benzene rings is 1. The molecule has 2 aromatic rings. The van der Waals surface area contributed by atoms with Crippen molar-refractivity contribution in [2.24, 2.45) is 17.3 Å². The number of hydrogen-bond donors (Lipinski definition) is 0. The zero-order valence-electron chi connectivity index (χ0n) is 12.7. The van der Waals surface area contributed by atoms with Crippen LogP contribution in [-0.2, 0) is 0 Å². The van der Waals surface area contributed by atoms with Crippen molar-refractivity contribution in [3.63, 3.8) is 0 Å². The van der Waals surface area contributed by atoms with Gasteiger partial charge in [0.2, 0.25) is 11.7 Å². The van der Waals surface area contributed by atoms with Crippen molar-refractivity contribution in [2.45, 2.75) is 45.4 Å². The molecule has 3 heteroatoms. The van der Waals surface area contributed by atoms with Crippen LogP contribution in [0.1, 0.15) is 51.3 Å². The standard InChI is InChI=1S/C18H22N2O/c1-12(2)14-15(18(14)10-6-7-11-18)17-19-16(20-21-17)13-8-4-3-5-9-13/h3-5,8-9,12,14-15H,6-7,10-11H2,1-2H3. The first-order valence-electron chi connectivity index (χ1n) is 8.11. The Labute approximate surface area is 125 Å². The lowest BCUT2D eigenvalue weighted by atomic mass is 9.95. The monoisotopic (exact) mass is 282 g/mol. The minimum absolute atomic E-state index is 0.467. The fourth-order valence-electron chi connectivity index (χ4n) is 4.72. The van der Waals surface area contributed by atoms with Crippen molar-refractivity contribution < 1.29 is 4.52 Å². The Bertz CT molecular complexity index is 626. The molecule has 1 heterocycles. The van der Waals surface area contributed by atoms with Crippen molar-refractivity contribution in [1.29, 1.82) is 0 Å². The highest BCUT2D eigenvalue weighted by molar-refractivity contribution is 5.53. The fourth-order valence-corrected chi connectivity index (χ4v) is 4.72. The molecule has 0 amide bonds. The van der Waals surface area contributed by atoms with Gasteiger partial charge in [0.15, 0.2) is 0 Å². The van der Waals surface area contributed by atoms with Crippen LogP contribution in [0.25, 0.3) is 11.4 Å². The van der Waals surface area contributed by atoms with E-state index >= 15 is 0 Å². The Hall–Kier alpha value is -1.64. The van der Waals surface area contributed by atoms with Crippen LogP contribution in [0.4, 0.5) is 0 Å². The van der Waals surface area contributed by atoms with Gasteiger partial charge in [0.25, 0.3) is 0 Å². The van der Waals surface area contributed by atoms with Crippen LogP contribution < -0.4 is 0 Å². The van der Waals surface area contributed by atoms with E-state index in [0.717, 1.165) is 23.2 Å². The van der Waals surface area contributed by atoms with E-state index in [4.69, 9.17) is 9.51 Å². The molecule has 3 nitrogen and oxygen atoms in total. The van der Waals surface area contributed by atoms with Crippen molar-refractivity contribution in [1.82, 2.24) is 10.1 Å². The molecular weight excluding hydrogens is 260 g/mol. The first kappa shape index (κ1) is 13.1. The normalized spacial score (nSPS) is 26.6. The minimum atomic E-state index is 0.467. The summed E-state index contributed by atoms with van der Waals surface area (Å²) in [5.74, 6) is 3.51. The summed E-state index contributed by atoms with van der Waals surface area (Å²) >= 11 is 0. The van der Waals surface area contributed by atoms with Gasteiger partial charge in [-0.3, -0.25) is 0 Å². The molecule has 110 valence electrons. The van der Waals surface area contributed by atoms with Gasteiger partial charge in [-0.1, -0.05) is 62.2 Å². The van der Waals surface area contributed by atoms with Crippen molar-refractivity contribution >= 4 is 0 Å². The highest BCUT2D eigenvalue weighted by Crippen LogP contribution is 2.74. The van der Waals surface area contributed by atoms with E-state index < -0.39 is 0 Å². The van der Waals surface area contributed by atoms with Crippen molar-refractivity contribution in [2.75, 3.05) is 0 Å². The molecule has 0 saturated heterocycles. The lowest BCUT2D eigenvalue weighted by Crippen LogP contribution is -2.01. The maximum absolute atomic E-state index is 5.65. The van der Waals surface area contributed by atoms with Gasteiger partial charge < -0.3 is 4.52 Å². The van der Waals surface area contributed by atoms with Crippen LogP contribution >= 0.6 is 0 Å². The number of hydrogen-bond acceptors (Lipinski definition) is 3. The largest absolute Gasteiger partial charge is 0.339 e. The molecule has 2 unspecified atom stereocenters. The van der Waals surface area contributed by atoms with Crippen LogP contribution in [0, 0.1) is 17.3 Å². The van der Waals surface area contributed by atoms with Crippen LogP contribution in [-0.4, -0.2) is 10.1 Å². The summed E-state index contributed by atoms with van der Waals surface area (Å²) in [5, 5.41) is 4.21. The molecular formula is C18H22N2O. The van der Waals surface area contributed by atoms with Gasteiger partial charge in [-0.05, 0) is 30.1 Å². The molecule has 2 aliphatic carbocycles. The predicted octanol–water partition coefficient (Wildman–Crippen LogP) is 4.67. The Balaban J connectivity index is 1.64. The number of nitrogens with zero attached hydrogens (tertiary/aromatic N) is 2. The van der Waals surface area contributed by atoms with E-state index in [-0.39, 0.29) is 0 Å². The summed E-state index contributed by atoms with van der Waals surface area (Å²) in [6, 6.07) is 10.1. The molecule has 2 saturated carbocycles. The molecule has 0 N–H and O–H groups in total. The molecule has 0 radical (unpaired) electrons. The average molecular weight is 282 g/mol. The zero-order chi connectivity index (χ0) is 14.4. The van der Waals surface area contributed by atoms with Gasteiger partial charge in [-0.15, -0.1) is 0 Å². The maximum atomic E-state index is 5.65. The van der Waals surface area contributed by atoms with Gasteiger partial charge in [-0.2, -0.15) is 4.98 Å². The molecule has 1 aromatic heterocycles. The van der Waals surface area contributed by atoms with Crippen LogP contribution in [0.2, 0.25) is 0 Å². The van der Waals surface area contributed by atoms with Gasteiger partial charge in [0, 0.05) is 11.5 Å². The summed E-state index contributed by atoms with van der Waals surface area (Å²) in [6.07, 6.45) is 5.39. The predicted molar refractivity (Wildman–Crippen MR) is 81.7 cm³/mol. The quantitative estimate of drug-likeness (QED) is 0.821. The molecule has 21 heavy (non-hydrogen) atoms. The van der Waals surface area contributed by atoms with E-state index in [2.05, 4.69) is 19.0 Å². The number of aromatic nitrogens is 2. The van der Waals surface area contributed by atoms with Crippen molar-refractivity contribution in [3.8, 4) is 11.4 Å². The maximum Gasteiger partial charge on any atom is 0.230 e. The highest BCUT2D eigenvalue weighted by atomic mass is 16.5. The third kappa shape index (κ3) is 1.94. The summed E-state index contributed by atoms with van der Waals surface area (Å²) in [4.78, 5) is 4.72. The third-order valence-electron chi connectivity index (χ3n) is 5.53. The van der Waals surface area contributed by atoms with E-state index in [9.17, 15) is 0 Å². The number of rotatable bonds is 3. The lowest BCUT2D eigenvalue weighted by molar-refractivity contribution is 0.360. The Kier molecular flexibility index (Phi) is 2.91. The fraction of sp³-hybridized carbons (Fsp3) is 0.556. The molecule has 0 aliphatic heterocycles. The Morgan fingerprint density at radius 1 is 1.14 bits per heavy atom. The SMILES string of the molecule is CC(C)C1C(c2nc(-c3ccccc3)no2)C12CCCC2. The van der Waals surface area contributed by atoms with Crippen LogP contribution in [0.5, 0.6) is 0 Å². The zero-order valence-corrected chi connectivity index (χ0v) is 12.7. The summed E-state index contributed by atoms with van der Waals surface area (Å²) in [5.41, 5.74) is 1.50. The molecule has 4 rings (SSSR count). The molecule has 0 bridgehead atoms. The first-order valence-corrected chi connectivity index (χ1v) is 8.11. The highest BCUT2D eigenvalue weighted by Gasteiger charge is 2.68. The molecule has 1 spiro atoms. The summed E-state index contributed by atoms with van der Waals surface area (Å²) < 4.78 is 5.65. The second kappa shape index (κ2) is 4.69. The summed E-state index contributed by atoms with van der Waals surface area (Å²) in [6.45, 7) is 4.67. The van der Waals surface area contributed by atoms with Crippen molar-refractivity contribution in [3.05, 3.63) is 36.2 Å². The lowest BCUT2D eigenvalue weighted by Gasteiger charge is -2.09. The van der Waals surface area contributed by atoms with Gasteiger partial charge in [0.05, 0.1) is 0 Å². The molecule has 1 aromatic carbocycles. The van der Waals surface area contributed by atoms with E-state index in [1.165, 1.54) is 25.7 Å². The second-order valence-corrected chi connectivity index (χ2v) is 7.01. The van der Waals surface area contributed by atoms with E-state index in [1.807, 2.05) is 30.3 Å². The molecule has 2 atom stereocenters. The second-order valence-electron chi connectivity index (χ2n) is 7.01. The smallest absolute Gasteiger partial charge is 0.230 e. The molecule has 2 fully saturated rings. The average Bonchev–Trinajstić information content (AvgIpc) is 2.88. The van der Waals surface area contributed by atoms with Gasteiger partial charge >= 0.3 is 0 Å². The van der Waals surface area contributed by atoms with Crippen LogP contribution in [0.3, 0.4) is 0 Å². The summed E-state index contributed by atoms with van der Waals surface area (Å²) in [7, 11) is 0. The molecule has 2 aliphatic rings. The van der Waals surface area contributed by atoms with E-state index in [0.29, 0.717) is 17.3 Å². The minimum Gasteiger partial charge on any atom is -0.339 e. The van der Waals surface area contributed by atoms with Gasteiger partial charge in [0.1, 0.15) is 0 Å².